The zero-order valence-corrected chi connectivity index (χ0v) is 23.0. The second-order valence-corrected chi connectivity index (χ2v) is 11.0. The van der Waals surface area contributed by atoms with E-state index in [1.807, 2.05) is 49.4 Å². The Kier molecular flexibility index (Phi) is 7.40. The summed E-state index contributed by atoms with van der Waals surface area (Å²) in [6.07, 6.45) is 1.72. The zero-order valence-electron chi connectivity index (χ0n) is 23.0. The number of hydrogen-bond donors (Lipinski definition) is 3. The van der Waals surface area contributed by atoms with Crippen LogP contribution in [0, 0.1) is 11.8 Å². The van der Waals surface area contributed by atoms with Crippen LogP contribution in [-0.4, -0.2) is 65.2 Å². The molecule has 3 amide bonds. The zero-order chi connectivity index (χ0) is 28.6. The second kappa shape index (κ2) is 11.1. The fraction of sp³-hybridized carbons (Fsp3) is 0.406. The van der Waals surface area contributed by atoms with Gasteiger partial charge in [0.2, 0.25) is 17.7 Å². The molecule has 0 radical (unpaired) electrons. The molecule has 0 aromatic heterocycles. The van der Waals surface area contributed by atoms with Crippen LogP contribution in [0.3, 0.4) is 0 Å². The van der Waals surface area contributed by atoms with Crippen molar-refractivity contribution in [3.63, 3.8) is 0 Å². The molecule has 9 heteroatoms. The van der Waals surface area contributed by atoms with Gasteiger partial charge in [-0.05, 0) is 79.8 Å². The number of amides is 3. The molecular formula is C32H35N3O6. The molecule has 2 bridgehead atoms. The molecule has 3 aliphatic heterocycles. The summed E-state index contributed by atoms with van der Waals surface area (Å²) in [6.45, 7) is 2.75. The highest BCUT2D eigenvalue weighted by atomic mass is 16.5. The molecule has 9 nitrogen and oxygen atoms in total. The molecule has 0 saturated carbocycles. The Morgan fingerprint density at radius 2 is 1.73 bits per heavy atom. The number of aliphatic hydroxyl groups is 1. The minimum atomic E-state index is -1.08. The van der Waals surface area contributed by atoms with Gasteiger partial charge in [-0.2, -0.15) is 0 Å². The fourth-order valence-corrected chi connectivity index (χ4v) is 6.89. The number of nitrogens with one attached hydrogen (secondary N) is 2. The first-order chi connectivity index (χ1) is 19.9. The third-order valence-electron chi connectivity index (χ3n) is 8.61. The molecule has 214 valence electrons. The summed E-state index contributed by atoms with van der Waals surface area (Å²) in [7, 11) is 0. The smallest absolute Gasteiger partial charge is 0.250 e. The number of aliphatic hydroxyl groups excluding tert-OH is 1. The highest BCUT2D eigenvalue weighted by Crippen LogP contribution is 2.58. The van der Waals surface area contributed by atoms with E-state index >= 15 is 0 Å². The summed E-state index contributed by atoms with van der Waals surface area (Å²) in [5.74, 6) is -1.61. The Morgan fingerprint density at radius 1 is 1.00 bits per heavy atom. The van der Waals surface area contributed by atoms with E-state index < -0.39 is 29.6 Å². The van der Waals surface area contributed by atoms with Gasteiger partial charge in [-0.25, -0.2) is 0 Å². The number of rotatable bonds is 10. The molecule has 6 rings (SSSR count). The molecule has 3 aromatic rings. The van der Waals surface area contributed by atoms with Gasteiger partial charge in [-0.1, -0.05) is 30.3 Å². The Bertz CT molecular complexity index is 1460. The van der Waals surface area contributed by atoms with Gasteiger partial charge in [-0.3, -0.25) is 14.4 Å². The van der Waals surface area contributed by atoms with Crippen molar-refractivity contribution in [3.05, 3.63) is 66.7 Å². The molecular weight excluding hydrogens is 522 g/mol. The second-order valence-electron chi connectivity index (χ2n) is 11.0. The number of ether oxygens (including phenoxy) is 2. The number of carbonyl (C=O) groups excluding carboxylic acids is 3. The van der Waals surface area contributed by atoms with Crippen LogP contribution in [0.25, 0.3) is 10.8 Å². The molecule has 3 N–H and O–H groups in total. The van der Waals surface area contributed by atoms with Crippen molar-refractivity contribution >= 4 is 39.9 Å². The van der Waals surface area contributed by atoms with Gasteiger partial charge in [-0.15, -0.1) is 0 Å². The van der Waals surface area contributed by atoms with Crippen molar-refractivity contribution in [2.75, 3.05) is 30.4 Å². The number of nitrogens with zero attached hydrogens (tertiary/aromatic N) is 1. The Labute approximate surface area is 238 Å². The molecule has 1 spiro atoms. The van der Waals surface area contributed by atoms with Gasteiger partial charge < -0.3 is 30.1 Å². The summed E-state index contributed by atoms with van der Waals surface area (Å²) in [4.78, 5) is 43.2. The van der Waals surface area contributed by atoms with Crippen LogP contribution in [0.15, 0.2) is 66.7 Å². The fourth-order valence-electron chi connectivity index (χ4n) is 6.89. The Balaban J connectivity index is 1.27. The van der Waals surface area contributed by atoms with E-state index in [-0.39, 0.29) is 24.3 Å². The van der Waals surface area contributed by atoms with Crippen LogP contribution in [0.5, 0.6) is 5.75 Å². The van der Waals surface area contributed by atoms with Crippen LogP contribution < -0.4 is 15.4 Å². The quantitative estimate of drug-likeness (QED) is 0.325. The SMILES string of the molecule is CCOc1ccc(NC(=O)[C@@H]2[C@@H]3CCC4(O3)C(C(=O)Nc3ccc5ccccc5c3)N(CCCCO)C(=O)[C@H]24)cc1. The molecule has 3 heterocycles. The lowest BCUT2D eigenvalue weighted by molar-refractivity contribution is -0.139. The van der Waals surface area contributed by atoms with Gasteiger partial charge in [0.15, 0.2) is 0 Å². The van der Waals surface area contributed by atoms with Crippen molar-refractivity contribution in [1.29, 1.82) is 0 Å². The number of carbonyl (C=O) groups is 3. The minimum Gasteiger partial charge on any atom is -0.494 e. The topological polar surface area (TPSA) is 117 Å². The van der Waals surface area contributed by atoms with E-state index in [4.69, 9.17) is 9.47 Å². The average molecular weight is 558 g/mol. The number of likely N-dealkylation sites (tertiary alicyclic amines) is 1. The molecule has 0 aliphatic carbocycles. The van der Waals surface area contributed by atoms with Gasteiger partial charge >= 0.3 is 0 Å². The molecule has 3 fully saturated rings. The molecule has 41 heavy (non-hydrogen) atoms. The molecule has 3 saturated heterocycles. The maximum Gasteiger partial charge on any atom is 0.250 e. The lowest BCUT2D eigenvalue weighted by atomic mass is 9.70. The summed E-state index contributed by atoms with van der Waals surface area (Å²) < 4.78 is 12.0. The molecule has 3 aromatic carbocycles. The third-order valence-corrected chi connectivity index (χ3v) is 8.61. The third kappa shape index (κ3) is 4.83. The van der Waals surface area contributed by atoms with Crippen LogP contribution in [-0.2, 0) is 19.1 Å². The maximum atomic E-state index is 14.0. The van der Waals surface area contributed by atoms with Crippen LogP contribution in [0.1, 0.15) is 32.6 Å². The molecule has 5 atom stereocenters. The van der Waals surface area contributed by atoms with Crippen molar-refractivity contribution < 1.29 is 29.0 Å². The standard InChI is InChI=1S/C32H35N3O6/c1-2-40-24-13-11-22(12-14-24)33-29(37)26-25-15-16-32(41-25)27(26)31(39)35(17-5-6-18-36)28(32)30(38)34-23-10-9-20-7-3-4-8-21(20)19-23/h3-4,7-14,19,25-28,36H,2,5-6,15-18H2,1H3,(H,33,37)(H,34,38)/t25-,26+,27-,28?,32?/m0/s1. The summed E-state index contributed by atoms with van der Waals surface area (Å²) in [5.41, 5.74) is 0.155. The highest BCUT2D eigenvalue weighted by molar-refractivity contribution is 6.05. The van der Waals surface area contributed by atoms with Gasteiger partial charge in [0.1, 0.15) is 17.4 Å². The Morgan fingerprint density at radius 3 is 2.49 bits per heavy atom. The number of anilines is 2. The summed E-state index contributed by atoms with van der Waals surface area (Å²) in [5, 5.41) is 17.4. The number of unbranched alkanes of at least 4 members (excludes halogenated alkanes) is 1. The monoisotopic (exact) mass is 557 g/mol. The van der Waals surface area contributed by atoms with Gasteiger partial charge in [0, 0.05) is 24.5 Å². The number of fused-ring (bicyclic) bond motifs is 2. The van der Waals surface area contributed by atoms with E-state index in [0.29, 0.717) is 56.0 Å². The first kappa shape index (κ1) is 27.2. The first-order valence-corrected chi connectivity index (χ1v) is 14.4. The molecule has 3 aliphatic rings. The average Bonchev–Trinajstić information content (AvgIpc) is 3.62. The van der Waals surface area contributed by atoms with E-state index in [0.717, 1.165) is 10.8 Å². The molecule has 2 unspecified atom stereocenters. The predicted molar refractivity (Wildman–Crippen MR) is 154 cm³/mol. The van der Waals surface area contributed by atoms with E-state index in [1.54, 1.807) is 29.2 Å². The largest absolute Gasteiger partial charge is 0.494 e. The predicted octanol–water partition coefficient (Wildman–Crippen LogP) is 3.96. The van der Waals surface area contributed by atoms with Crippen LogP contribution in [0.2, 0.25) is 0 Å². The van der Waals surface area contributed by atoms with E-state index in [1.165, 1.54) is 0 Å². The first-order valence-electron chi connectivity index (χ1n) is 14.4. The Hall–Kier alpha value is -3.95. The van der Waals surface area contributed by atoms with Gasteiger partial charge in [0.25, 0.3) is 0 Å². The normalized spacial score (nSPS) is 26.3. The van der Waals surface area contributed by atoms with Crippen LogP contribution >= 0.6 is 0 Å². The van der Waals surface area contributed by atoms with Crippen molar-refractivity contribution in [1.82, 2.24) is 4.90 Å². The van der Waals surface area contributed by atoms with E-state index in [9.17, 15) is 19.5 Å². The van der Waals surface area contributed by atoms with Crippen molar-refractivity contribution in [3.8, 4) is 5.75 Å². The summed E-state index contributed by atoms with van der Waals surface area (Å²) in [6, 6.07) is 19.8. The highest BCUT2D eigenvalue weighted by Gasteiger charge is 2.74. The van der Waals surface area contributed by atoms with Gasteiger partial charge in [0.05, 0.1) is 24.5 Å². The van der Waals surface area contributed by atoms with Crippen LogP contribution in [0.4, 0.5) is 11.4 Å². The van der Waals surface area contributed by atoms with Crippen molar-refractivity contribution in [2.45, 2.75) is 50.4 Å². The lowest BCUT2D eigenvalue weighted by Crippen LogP contribution is -2.53. The minimum absolute atomic E-state index is 0.00372. The van der Waals surface area contributed by atoms with Crippen molar-refractivity contribution in [2.24, 2.45) is 11.8 Å². The maximum absolute atomic E-state index is 14.0. The lowest BCUT2D eigenvalue weighted by Gasteiger charge is -2.33. The summed E-state index contributed by atoms with van der Waals surface area (Å²) >= 11 is 0. The number of hydrogen-bond acceptors (Lipinski definition) is 6. The number of benzene rings is 3. The van der Waals surface area contributed by atoms with E-state index in [2.05, 4.69) is 10.6 Å².